The Morgan fingerprint density at radius 1 is 1.21 bits per heavy atom. The highest BCUT2D eigenvalue weighted by Crippen LogP contribution is 2.26. The van der Waals surface area contributed by atoms with E-state index in [9.17, 15) is 0 Å². The summed E-state index contributed by atoms with van der Waals surface area (Å²) >= 11 is 0. The molecule has 1 N–H and O–H groups in total. The van der Waals surface area contributed by atoms with Crippen LogP contribution in [-0.2, 0) is 0 Å². The van der Waals surface area contributed by atoms with Crippen LogP contribution >= 0.6 is 0 Å². The summed E-state index contributed by atoms with van der Waals surface area (Å²) in [6, 6.07) is 0. The molecule has 2 heteroatoms. The van der Waals surface area contributed by atoms with Gasteiger partial charge in [0.05, 0.1) is 6.54 Å². The lowest BCUT2D eigenvalue weighted by Gasteiger charge is -2.16. The maximum absolute atomic E-state index is 3.50. The molecule has 2 aliphatic rings. The summed E-state index contributed by atoms with van der Waals surface area (Å²) in [6.45, 7) is 7.89. The zero-order valence-electron chi connectivity index (χ0n) is 9.05. The van der Waals surface area contributed by atoms with Gasteiger partial charge in [-0.3, -0.25) is 4.90 Å². The summed E-state index contributed by atoms with van der Waals surface area (Å²) in [5.74, 6) is 8.03. The van der Waals surface area contributed by atoms with Crippen molar-refractivity contribution >= 4 is 0 Å². The highest BCUT2D eigenvalue weighted by molar-refractivity contribution is 4.98. The SMILES string of the molecule is CC#CCN1CCC2CNCC2CC1. The molecule has 0 bridgehead atoms. The Kier molecular flexibility index (Phi) is 3.44. The molecule has 14 heavy (non-hydrogen) atoms. The normalized spacial score (nSPS) is 32.9. The fourth-order valence-electron chi connectivity index (χ4n) is 2.62. The molecule has 2 saturated heterocycles. The maximum Gasteiger partial charge on any atom is 0.0601 e. The molecule has 78 valence electrons. The van der Waals surface area contributed by atoms with Crippen LogP contribution in [0.2, 0.25) is 0 Å². The number of rotatable bonds is 1. The molecule has 2 heterocycles. The summed E-state index contributed by atoms with van der Waals surface area (Å²) in [5.41, 5.74) is 0. The Bertz CT molecular complexity index is 224. The standard InChI is InChI=1S/C12H20N2/c1-2-3-6-14-7-4-11-9-13-10-12(11)5-8-14/h11-13H,4-10H2,1H3. The smallest absolute Gasteiger partial charge is 0.0601 e. The molecule has 0 saturated carbocycles. The number of likely N-dealkylation sites (tertiary alicyclic amines) is 1. The average Bonchev–Trinajstić information content (AvgIpc) is 2.57. The maximum atomic E-state index is 3.50. The first-order chi connectivity index (χ1) is 6.90. The third kappa shape index (κ3) is 2.29. The molecular weight excluding hydrogens is 172 g/mol. The summed E-state index contributed by atoms with van der Waals surface area (Å²) in [5, 5.41) is 3.50. The van der Waals surface area contributed by atoms with Gasteiger partial charge in [-0.25, -0.2) is 0 Å². The van der Waals surface area contributed by atoms with Gasteiger partial charge in [-0.1, -0.05) is 5.92 Å². The Morgan fingerprint density at radius 3 is 2.43 bits per heavy atom. The summed E-state index contributed by atoms with van der Waals surface area (Å²) in [6.07, 6.45) is 2.73. The van der Waals surface area contributed by atoms with E-state index in [1.54, 1.807) is 0 Å². The summed E-state index contributed by atoms with van der Waals surface area (Å²) in [7, 11) is 0. The molecule has 2 atom stereocenters. The van der Waals surface area contributed by atoms with Crippen LogP contribution in [0.1, 0.15) is 19.8 Å². The van der Waals surface area contributed by atoms with Crippen LogP contribution in [0.4, 0.5) is 0 Å². The van der Waals surface area contributed by atoms with E-state index < -0.39 is 0 Å². The van der Waals surface area contributed by atoms with Crippen LogP contribution in [-0.4, -0.2) is 37.6 Å². The number of nitrogens with zero attached hydrogens (tertiary/aromatic N) is 1. The number of hydrogen-bond acceptors (Lipinski definition) is 2. The van der Waals surface area contributed by atoms with Crippen molar-refractivity contribution in [2.24, 2.45) is 11.8 Å². The minimum atomic E-state index is 0.939. The van der Waals surface area contributed by atoms with Crippen molar-refractivity contribution in [3.05, 3.63) is 0 Å². The third-order valence-electron chi connectivity index (χ3n) is 3.59. The Balaban J connectivity index is 1.85. The summed E-state index contributed by atoms with van der Waals surface area (Å²) in [4.78, 5) is 2.51. The van der Waals surface area contributed by atoms with Gasteiger partial charge in [0.1, 0.15) is 0 Å². The molecule has 0 spiro atoms. The molecular formula is C12H20N2. The second-order valence-corrected chi connectivity index (χ2v) is 4.46. The van der Waals surface area contributed by atoms with E-state index in [2.05, 4.69) is 22.1 Å². The van der Waals surface area contributed by atoms with Crippen molar-refractivity contribution < 1.29 is 0 Å². The van der Waals surface area contributed by atoms with Gasteiger partial charge in [0, 0.05) is 0 Å². The van der Waals surface area contributed by atoms with Crippen LogP contribution in [0.3, 0.4) is 0 Å². The minimum Gasteiger partial charge on any atom is -0.316 e. The Hall–Kier alpha value is -0.520. The van der Waals surface area contributed by atoms with Gasteiger partial charge < -0.3 is 5.32 Å². The Morgan fingerprint density at radius 2 is 1.86 bits per heavy atom. The molecule has 2 fully saturated rings. The second kappa shape index (κ2) is 4.82. The monoisotopic (exact) mass is 192 g/mol. The predicted molar refractivity (Wildman–Crippen MR) is 59.0 cm³/mol. The van der Waals surface area contributed by atoms with Gasteiger partial charge in [-0.05, 0) is 57.8 Å². The molecule has 0 aromatic carbocycles. The first-order valence-electron chi connectivity index (χ1n) is 5.73. The lowest BCUT2D eigenvalue weighted by molar-refractivity contribution is 0.311. The van der Waals surface area contributed by atoms with Crippen molar-refractivity contribution in [1.29, 1.82) is 0 Å². The largest absolute Gasteiger partial charge is 0.316 e. The molecule has 0 amide bonds. The van der Waals surface area contributed by atoms with Crippen molar-refractivity contribution in [3.63, 3.8) is 0 Å². The van der Waals surface area contributed by atoms with E-state index in [-0.39, 0.29) is 0 Å². The van der Waals surface area contributed by atoms with E-state index in [1.807, 2.05) is 6.92 Å². The van der Waals surface area contributed by atoms with Crippen LogP contribution in [0.15, 0.2) is 0 Å². The van der Waals surface area contributed by atoms with E-state index >= 15 is 0 Å². The predicted octanol–water partition coefficient (Wildman–Crippen LogP) is 0.941. The number of nitrogens with one attached hydrogen (secondary N) is 1. The van der Waals surface area contributed by atoms with E-state index in [0.717, 1.165) is 18.4 Å². The molecule has 0 radical (unpaired) electrons. The van der Waals surface area contributed by atoms with Crippen molar-refractivity contribution in [2.45, 2.75) is 19.8 Å². The zero-order valence-corrected chi connectivity index (χ0v) is 9.05. The lowest BCUT2D eigenvalue weighted by atomic mass is 9.92. The fourth-order valence-corrected chi connectivity index (χ4v) is 2.62. The van der Waals surface area contributed by atoms with E-state index in [4.69, 9.17) is 0 Å². The van der Waals surface area contributed by atoms with E-state index in [0.29, 0.717) is 0 Å². The second-order valence-electron chi connectivity index (χ2n) is 4.46. The zero-order chi connectivity index (χ0) is 9.80. The van der Waals surface area contributed by atoms with Crippen LogP contribution in [0.25, 0.3) is 0 Å². The lowest BCUT2D eigenvalue weighted by Crippen LogP contribution is -2.26. The van der Waals surface area contributed by atoms with Gasteiger partial charge in [0.2, 0.25) is 0 Å². The van der Waals surface area contributed by atoms with E-state index in [1.165, 1.54) is 39.0 Å². The average molecular weight is 192 g/mol. The van der Waals surface area contributed by atoms with Gasteiger partial charge >= 0.3 is 0 Å². The summed E-state index contributed by atoms with van der Waals surface area (Å²) < 4.78 is 0. The van der Waals surface area contributed by atoms with Gasteiger partial charge in [-0.2, -0.15) is 0 Å². The van der Waals surface area contributed by atoms with Crippen LogP contribution in [0.5, 0.6) is 0 Å². The minimum absolute atomic E-state index is 0.939. The quantitative estimate of drug-likeness (QED) is 0.622. The molecule has 2 rings (SSSR count). The van der Waals surface area contributed by atoms with Crippen LogP contribution < -0.4 is 5.32 Å². The topological polar surface area (TPSA) is 15.3 Å². The molecule has 0 aliphatic carbocycles. The number of hydrogen-bond donors (Lipinski definition) is 1. The fraction of sp³-hybridized carbons (Fsp3) is 0.833. The van der Waals surface area contributed by atoms with Crippen molar-refractivity contribution in [1.82, 2.24) is 10.2 Å². The first kappa shape index (κ1) is 10.0. The first-order valence-corrected chi connectivity index (χ1v) is 5.73. The van der Waals surface area contributed by atoms with Crippen molar-refractivity contribution in [2.75, 3.05) is 32.7 Å². The van der Waals surface area contributed by atoms with Crippen LogP contribution in [0, 0.1) is 23.7 Å². The highest BCUT2D eigenvalue weighted by atomic mass is 15.1. The Labute approximate surface area is 87.1 Å². The van der Waals surface area contributed by atoms with Gasteiger partial charge in [-0.15, -0.1) is 5.92 Å². The highest BCUT2D eigenvalue weighted by Gasteiger charge is 2.29. The molecule has 0 aromatic heterocycles. The van der Waals surface area contributed by atoms with Gasteiger partial charge in [0.15, 0.2) is 0 Å². The third-order valence-corrected chi connectivity index (χ3v) is 3.59. The van der Waals surface area contributed by atoms with Gasteiger partial charge in [0.25, 0.3) is 0 Å². The molecule has 0 aromatic rings. The number of fused-ring (bicyclic) bond motifs is 1. The molecule has 2 unspecified atom stereocenters. The van der Waals surface area contributed by atoms with Crippen molar-refractivity contribution in [3.8, 4) is 11.8 Å². The molecule has 2 aliphatic heterocycles. The molecule has 2 nitrogen and oxygen atoms in total.